The van der Waals surface area contributed by atoms with Crippen LogP contribution in [-0.4, -0.2) is 11.0 Å². The second-order valence-corrected chi connectivity index (χ2v) is 4.75. The molecule has 0 amide bonds. The van der Waals surface area contributed by atoms with E-state index in [0.717, 1.165) is 11.1 Å². The smallest absolute Gasteiger partial charge is 0.165 e. The first-order valence-electron chi connectivity index (χ1n) is 6.18. The highest BCUT2D eigenvalue weighted by Gasteiger charge is 2.06. The molecule has 1 heterocycles. The Balaban J connectivity index is 2.21. The van der Waals surface area contributed by atoms with E-state index in [1.54, 1.807) is 24.5 Å². The van der Waals surface area contributed by atoms with Crippen LogP contribution in [0.5, 0.6) is 11.5 Å². The summed E-state index contributed by atoms with van der Waals surface area (Å²) in [5.41, 5.74) is 7.66. The Hall–Kier alpha value is -1.94. The Kier molecular flexibility index (Phi) is 4.12. The fraction of sp³-hybridized carbons (Fsp3) is 0.267. The zero-order valence-electron chi connectivity index (χ0n) is 11.1. The third-order valence-corrected chi connectivity index (χ3v) is 2.64. The van der Waals surface area contributed by atoms with Crippen LogP contribution >= 0.6 is 0 Å². The van der Waals surface area contributed by atoms with Crippen molar-refractivity contribution in [3.8, 4) is 11.5 Å². The molecule has 0 saturated carbocycles. The molecule has 0 fully saturated rings. The summed E-state index contributed by atoms with van der Waals surface area (Å²) in [7, 11) is 0. The summed E-state index contributed by atoms with van der Waals surface area (Å²) in [6, 6.07) is 6.63. The zero-order valence-corrected chi connectivity index (χ0v) is 11.1. The first-order chi connectivity index (χ1) is 9.04. The van der Waals surface area contributed by atoms with Crippen LogP contribution in [0.25, 0.3) is 0 Å². The molecular formula is C15H17FN2O. The molecule has 2 rings (SSSR count). The Morgan fingerprint density at radius 3 is 2.84 bits per heavy atom. The molecule has 1 aromatic heterocycles. The highest BCUT2D eigenvalue weighted by Crippen LogP contribution is 2.25. The number of ether oxygens (including phenoxy) is 1. The first kappa shape index (κ1) is 13.5. The molecule has 1 atom stereocenters. The summed E-state index contributed by atoms with van der Waals surface area (Å²) in [6.45, 7) is 3.81. The summed E-state index contributed by atoms with van der Waals surface area (Å²) in [5.74, 6) is 0.339. The minimum absolute atomic E-state index is 0.0488. The number of aryl methyl sites for hydroxylation is 1. The van der Waals surface area contributed by atoms with Crippen LogP contribution < -0.4 is 10.5 Å². The Bertz CT molecular complexity index is 570. The third kappa shape index (κ3) is 3.76. The van der Waals surface area contributed by atoms with Gasteiger partial charge in [0.05, 0.1) is 6.20 Å². The van der Waals surface area contributed by atoms with E-state index in [0.29, 0.717) is 12.2 Å². The summed E-state index contributed by atoms with van der Waals surface area (Å²) in [4.78, 5) is 4.08. The van der Waals surface area contributed by atoms with Crippen LogP contribution in [0.2, 0.25) is 0 Å². The lowest BCUT2D eigenvalue weighted by molar-refractivity contribution is 0.439. The third-order valence-electron chi connectivity index (χ3n) is 2.64. The van der Waals surface area contributed by atoms with Gasteiger partial charge in [0.1, 0.15) is 5.75 Å². The van der Waals surface area contributed by atoms with Gasteiger partial charge in [0.25, 0.3) is 0 Å². The number of benzene rings is 1. The van der Waals surface area contributed by atoms with Gasteiger partial charge in [-0.05, 0) is 49.6 Å². The average molecular weight is 260 g/mol. The number of nitrogens with two attached hydrogens (primary N) is 1. The van der Waals surface area contributed by atoms with Crippen molar-refractivity contribution in [2.75, 3.05) is 0 Å². The summed E-state index contributed by atoms with van der Waals surface area (Å²) >= 11 is 0. The molecule has 2 aromatic rings. The van der Waals surface area contributed by atoms with Gasteiger partial charge in [-0.3, -0.25) is 4.98 Å². The van der Waals surface area contributed by atoms with Crippen molar-refractivity contribution in [3.05, 3.63) is 53.6 Å². The molecule has 0 aliphatic carbocycles. The van der Waals surface area contributed by atoms with Crippen molar-refractivity contribution in [2.45, 2.75) is 26.3 Å². The number of nitrogens with zero attached hydrogens (tertiary/aromatic N) is 1. The van der Waals surface area contributed by atoms with Gasteiger partial charge >= 0.3 is 0 Å². The van der Waals surface area contributed by atoms with Gasteiger partial charge < -0.3 is 10.5 Å². The maximum atomic E-state index is 13.6. The topological polar surface area (TPSA) is 48.1 Å². The van der Waals surface area contributed by atoms with E-state index in [-0.39, 0.29) is 17.6 Å². The van der Waals surface area contributed by atoms with Crippen molar-refractivity contribution in [3.63, 3.8) is 0 Å². The number of hydrogen-bond donors (Lipinski definition) is 1. The predicted octanol–water partition coefficient (Wildman–Crippen LogP) is 3.21. The van der Waals surface area contributed by atoms with Gasteiger partial charge in [0, 0.05) is 12.2 Å². The molecule has 0 radical (unpaired) electrons. The Labute approximate surface area is 112 Å². The van der Waals surface area contributed by atoms with Crippen LogP contribution in [0.4, 0.5) is 4.39 Å². The fourth-order valence-electron chi connectivity index (χ4n) is 1.82. The molecule has 3 nitrogen and oxygen atoms in total. The quantitative estimate of drug-likeness (QED) is 0.918. The predicted molar refractivity (Wildman–Crippen MR) is 72.8 cm³/mol. The summed E-state index contributed by atoms with van der Waals surface area (Å²) in [6.07, 6.45) is 4.01. The SMILES string of the molecule is Cc1ccc(F)c(Oc2cncc(CC(C)N)c2)c1. The van der Waals surface area contributed by atoms with E-state index in [9.17, 15) is 4.39 Å². The second-order valence-electron chi connectivity index (χ2n) is 4.75. The van der Waals surface area contributed by atoms with Gasteiger partial charge in [-0.15, -0.1) is 0 Å². The number of halogens is 1. The van der Waals surface area contributed by atoms with Crippen LogP contribution in [0.1, 0.15) is 18.1 Å². The van der Waals surface area contributed by atoms with Crippen LogP contribution in [0.15, 0.2) is 36.7 Å². The van der Waals surface area contributed by atoms with Gasteiger partial charge in [0.15, 0.2) is 11.6 Å². The molecular weight excluding hydrogens is 243 g/mol. The maximum absolute atomic E-state index is 13.6. The number of aromatic nitrogens is 1. The first-order valence-corrected chi connectivity index (χ1v) is 6.18. The fourth-order valence-corrected chi connectivity index (χ4v) is 1.82. The standard InChI is InChI=1S/C15H17FN2O/c1-10-3-4-14(16)15(5-10)19-13-7-12(6-11(2)17)8-18-9-13/h3-5,7-9,11H,6,17H2,1-2H3. The van der Waals surface area contributed by atoms with Crippen LogP contribution in [-0.2, 0) is 6.42 Å². The maximum Gasteiger partial charge on any atom is 0.165 e. The van der Waals surface area contributed by atoms with E-state index in [4.69, 9.17) is 10.5 Å². The molecule has 1 aromatic carbocycles. The second kappa shape index (κ2) is 5.80. The van der Waals surface area contributed by atoms with Crippen LogP contribution in [0.3, 0.4) is 0 Å². The number of hydrogen-bond acceptors (Lipinski definition) is 3. The highest BCUT2D eigenvalue weighted by atomic mass is 19.1. The lowest BCUT2D eigenvalue weighted by Gasteiger charge is -2.09. The van der Waals surface area contributed by atoms with Crippen LogP contribution in [0, 0.1) is 12.7 Å². The molecule has 19 heavy (non-hydrogen) atoms. The highest BCUT2D eigenvalue weighted by molar-refractivity contribution is 5.35. The Morgan fingerprint density at radius 1 is 1.32 bits per heavy atom. The van der Waals surface area contributed by atoms with Gasteiger partial charge in [-0.2, -0.15) is 0 Å². The van der Waals surface area contributed by atoms with E-state index in [2.05, 4.69) is 4.98 Å². The van der Waals surface area contributed by atoms with Gasteiger partial charge in [-0.1, -0.05) is 6.07 Å². The molecule has 0 bridgehead atoms. The zero-order chi connectivity index (χ0) is 13.8. The largest absolute Gasteiger partial charge is 0.453 e. The number of rotatable bonds is 4. The van der Waals surface area contributed by atoms with E-state index < -0.39 is 0 Å². The Morgan fingerprint density at radius 2 is 2.11 bits per heavy atom. The van der Waals surface area contributed by atoms with E-state index >= 15 is 0 Å². The lowest BCUT2D eigenvalue weighted by Crippen LogP contribution is -2.17. The van der Waals surface area contributed by atoms with Crippen molar-refractivity contribution in [1.82, 2.24) is 4.98 Å². The summed E-state index contributed by atoms with van der Waals surface area (Å²) in [5, 5.41) is 0. The minimum atomic E-state index is -0.386. The van der Waals surface area contributed by atoms with Gasteiger partial charge in [0.2, 0.25) is 0 Å². The molecule has 1 unspecified atom stereocenters. The lowest BCUT2D eigenvalue weighted by atomic mass is 10.1. The molecule has 0 aliphatic heterocycles. The molecule has 0 saturated heterocycles. The molecule has 0 aliphatic rings. The monoisotopic (exact) mass is 260 g/mol. The van der Waals surface area contributed by atoms with Crippen molar-refractivity contribution in [2.24, 2.45) is 5.73 Å². The molecule has 0 spiro atoms. The van der Waals surface area contributed by atoms with E-state index in [1.807, 2.05) is 19.9 Å². The van der Waals surface area contributed by atoms with Gasteiger partial charge in [-0.25, -0.2) is 4.39 Å². The van der Waals surface area contributed by atoms with Crippen molar-refractivity contribution >= 4 is 0 Å². The minimum Gasteiger partial charge on any atom is -0.453 e. The van der Waals surface area contributed by atoms with Crippen molar-refractivity contribution in [1.29, 1.82) is 0 Å². The number of pyridine rings is 1. The normalized spacial score (nSPS) is 12.2. The van der Waals surface area contributed by atoms with E-state index in [1.165, 1.54) is 6.07 Å². The average Bonchev–Trinajstić information content (AvgIpc) is 2.33. The molecule has 100 valence electrons. The molecule has 4 heteroatoms. The van der Waals surface area contributed by atoms with Crippen molar-refractivity contribution < 1.29 is 9.13 Å². The molecule has 2 N–H and O–H groups in total. The summed E-state index contributed by atoms with van der Waals surface area (Å²) < 4.78 is 19.1.